The quantitative estimate of drug-likeness (QED) is 0.780. The molecule has 4 heteroatoms. The Morgan fingerprint density at radius 2 is 2.00 bits per heavy atom. The monoisotopic (exact) mass is 349 g/mol. The lowest BCUT2D eigenvalue weighted by Gasteiger charge is -2.18. The average Bonchev–Trinajstić information content (AvgIpc) is 2.75. The molecule has 0 spiro atoms. The predicted molar refractivity (Wildman–Crippen MR) is 91.3 cm³/mol. The van der Waals surface area contributed by atoms with Crippen LogP contribution in [-0.2, 0) is 26.1 Å². The maximum Gasteiger partial charge on any atom is 0.0767 e. The van der Waals surface area contributed by atoms with Crippen LogP contribution in [0.1, 0.15) is 36.4 Å². The van der Waals surface area contributed by atoms with E-state index in [1.807, 2.05) is 0 Å². The Kier molecular flexibility index (Phi) is 5.59. The number of aryl methyl sites for hydroxylation is 3. The number of benzene rings is 1. The minimum absolute atomic E-state index is 0.898. The summed E-state index contributed by atoms with van der Waals surface area (Å²) in [4.78, 5) is 2.34. The maximum absolute atomic E-state index is 4.66. The molecular formula is C17H24BrN3. The first kappa shape index (κ1) is 16.2. The van der Waals surface area contributed by atoms with Crippen molar-refractivity contribution < 1.29 is 0 Å². The Labute approximate surface area is 136 Å². The molecule has 2 rings (SSSR count). The summed E-state index contributed by atoms with van der Waals surface area (Å²) in [6, 6.07) is 8.70. The molecule has 0 saturated heterocycles. The van der Waals surface area contributed by atoms with Crippen LogP contribution in [0.3, 0.4) is 0 Å². The van der Waals surface area contributed by atoms with E-state index in [4.69, 9.17) is 0 Å². The largest absolute Gasteiger partial charge is 0.296 e. The Bertz CT molecular complexity index is 604. The zero-order valence-corrected chi connectivity index (χ0v) is 14.9. The van der Waals surface area contributed by atoms with E-state index in [0.717, 1.165) is 31.7 Å². The summed E-state index contributed by atoms with van der Waals surface area (Å²) in [6.07, 6.45) is 0.960. The van der Waals surface area contributed by atoms with Crippen LogP contribution in [0.15, 0.2) is 28.7 Å². The fraction of sp³-hybridized carbons (Fsp3) is 0.471. The second-order valence-electron chi connectivity index (χ2n) is 5.54. The summed E-state index contributed by atoms with van der Waals surface area (Å²) in [5.41, 5.74) is 5.08. The van der Waals surface area contributed by atoms with E-state index in [0.29, 0.717) is 0 Å². The van der Waals surface area contributed by atoms with Gasteiger partial charge in [-0.3, -0.25) is 9.58 Å². The molecule has 0 amide bonds. The van der Waals surface area contributed by atoms with Crippen LogP contribution in [0.5, 0.6) is 0 Å². The summed E-state index contributed by atoms with van der Waals surface area (Å²) < 4.78 is 3.28. The zero-order valence-electron chi connectivity index (χ0n) is 13.4. The SMILES string of the molecule is CCc1nn(CC)c(CN(C)Cc2cccc(C)c2)c1Br. The van der Waals surface area contributed by atoms with Gasteiger partial charge in [0.05, 0.1) is 15.9 Å². The standard InChI is InChI=1S/C17H24BrN3/c1-5-15-17(18)16(21(6-2)19-15)12-20(4)11-14-9-7-8-13(3)10-14/h7-10H,5-6,11-12H2,1-4H3. The summed E-state index contributed by atoms with van der Waals surface area (Å²) in [7, 11) is 2.16. The maximum atomic E-state index is 4.66. The normalized spacial score (nSPS) is 11.3. The molecule has 0 aliphatic carbocycles. The lowest BCUT2D eigenvalue weighted by Crippen LogP contribution is -2.20. The van der Waals surface area contributed by atoms with Crippen molar-refractivity contribution in [3.05, 3.63) is 51.3 Å². The van der Waals surface area contributed by atoms with Crippen molar-refractivity contribution in [2.24, 2.45) is 0 Å². The van der Waals surface area contributed by atoms with Gasteiger partial charge in [-0.15, -0.1) is 0 Å². The van der Waals surface area contributed by atoms with Crippen LogP contribution in [-0.4, -0.2) is 21.7 Å². The van der Waals surface area contributed by atoms with E-state index in [9.17, 15) is 0 Å². The van der Waals surface area contributed by atoms with E-state index in [1.54, 1.807) is 0 Å². The van der Waals surface area contributed by atoms with Crippen LogP contribution in [0.4, 0.5) is 0 Å². The first-order valence-electron chi connectivity index (χ1n) is 7.53. The molecular weight excluding hydrogens is 326 g/mol. The smallest absolute Gasteiger partial charge is 0.0767 e. The second kappa shape index (κ2) is 7.23. The molecule has 1 heterocycles. The number of hydrogen-bond donors (Lipinski definition) is 0. The van der Waals surface area contributed by atoms with E-state index in [-0.39, 0.29) is 0 Å². The van der Waals surface area contributed by atoms with Gasteiger partial charge in [0.1, 0.15) is 0 Å². The Hall–Kier alpha value is -1.13. The molecule has 0 atom stereocenters. The van der Waals surface area contributed by atoms with Gasteiger partial charge < -0.3 is 0 Å². The highest BCUT2D eigenvalue weighted by Gasteiger charge is 2.15. The molecule has 0 aliphatic heterocycles. The molecule has 1 aromatic heterocycles. The van der Waals surface area contributed by atoms with Crippen molar-refractivity contribution >= 4 is 15.9 Å². The first-order chi connectivity index (χ1) is 10.0. The highest BCUT2D eigenvalue weighted by molar-refractivity contribution is 9.10. The third-order valence-corrected chi connectivity index (χ3v) is 4.56. The van der Waals surface area contributed by atoms with Crippen molar-refractivity contribution in [3.63, 3.8) is 0 Å². The van der Waals surface area contributed by atoms with Gasteiger partial charge in [-0.2, -0.15) is 5.10 Å². The topological polar surface area (TPSA) is 21.1 Å². The van der Waals surface area contributed by atoms with Gasteiger partial charge in [0, 0.05) is 19.6 Å². The number of hydrogen-bond acceptors (Lipinski definition) is 2. The van der Waals surface area contributed by atoms with E-state index in [1.165, 1.54) is 21.3 Å². The van der Waals surface area contributed by atoms with Gasteiger partial charge in [-0.25, -0.2) is 0 Å². The molecule has 0 aliphatic rings. The minimum atomic E-state index is 0.898. The second-order valence-corrected chi connectivity index (χ2v) is 6.33. The zero-order chi connectivity index (χ0) is 15.4. The molecule has 0 N–H and O–H groups in total. The number of rotatable bonds is 6. The molecule has 0 unspecified atom stereocenters. The Morgan fingerprint density at radius 3 is 2.62 bits per heavy atom. The molecule has 114 valence electrons. The number of nitrogens with zero attached hydrogens (tertiary/aromatic N) is 3. The van der Waals surface area contributed by atoms with Gasteiger partial charge in [0.2, 0.25) is 0 Å². The highest BCUT2D eigenvalue weighted by atomic mass is 79.9. The molecule has 3 nitrogen and oxygen atoms in total. The van der Waals surface area contributed by atoms with Gasteiger partial charge in [0.25, 0.3) is 0 Å². The molecule has 1 aromatic carbocycles. The van der Waals surface area contributed by atoms with Crippen LogP contribution < -0.4 is 0 Å². The molecule has 0 radical (unpaired) electrons. The van der Waals surface area contributed by atoms with Gasteiger partial charge in [0.15, 0.2) is 0 Å². The minimum Gasteiger partial charge on any atom is -0.296 e. The van der Waals surface area contributed by atoms with Crippen LogP contribution in [0.25, 0.3) is 0 Å². The van der Waals surface area contributed by atoms with Gasteiger partial charge in [-0.05, 0) is 48.8 Å². The fourth-order valence-corrected chi connectivity index (χ4v) is 3.29. The fourth-order valence-electron chi connectivity index (χ4n) is 2.60. The van der Waals surface area contributed by atoms with Crippen molar-refractivity contribution in [2.75, 3.05) is 7.05 Å². The average molecular weight is 350 g/mol. The summed E-state index contributed by atoms with van der Waals surface area (Å²) >= 11 is 3.72. The lowest BCUT2D eigenvalue weighted by atomic mass is 10.1. The van der Waals surface area contributed by atoms with Crippen molar-refractivity contribution in [2.45, 2.75) is 46.8 Å². The third-order valence-electron chi connectivity index (χ3n) is 3.65. The Morgan fingerprint density at radius 1 is 1.24 bits per heavy atom. The third kappa shape index (κ3) is 3.95. The molecule has 0 bridgehead atoms. The first-order valence-corrected chi connectivity index (χ1v) is 8.32. The van der Waals surface area contributed by atoms with E-state index in [2.05, 4.69) is 82.7 Å². The van der Waals surface area contributed by atoms with Crippen LogP contribution >= 0.6 is 15.9 Å². The Balaban J connectivity index is 2.12. The highest BCUT2D eigenvalue weighted by Crippen LogP contribution is 2.24. The van der Waals surface area contributed by atoms with Crippen LogP contribution in [0, 0.1) is 6.92 Å². The van der Waals surface area contributed by atoms with E-state index >= 15 is 0 Å². The van der Waals surface area contributed by atoms with Gasteiger partial charge in [-0.1, -0.05) is 36.8 Å². The molecule has 2 aromatic rings. The van der Waals surface area contributed by atoms with Gasteiger partial charge >= 0.3 is 0 Å². The predicted octanol–water partition coefficient (Wildman–Crippen LogP) is 4.17. The van der Waals surface area contributed by atoms with Crippen molar-refractivity contribution in [1.29, 1.82) is 0 Å². The van der Waals surface area contributed by atoms with Crippen molar-refractivity contribution in [3.8, 4) is 0 Å². The van der Waals surface area contributed by atoms with E-state index < -0.39 is 0 Å². The molecule has 0 saturated carbocycles. The van der Waals surface area contributed by atoms with Crippen molar-refractivity contribution in [1.82, 2.24) is 14.7 Å². The lowest BCUT2D eigenvalue weighted by molar-refractivity contribution is 0.306. The van der Waals surface area contributed by atoms with Crippen LogP contribution in [0.2, 0.25) is 0 Å². The number of aromatic nitrogens is 2. The molecule has 21 heavy (non-hydrogen) atoms. The number of halogens is 1. The summed E-state index contributed by atoms with van der Waals surface area (Å²) in [5, 5.41) is 4.66. The summed E-state index contributed by atoms with van der Waals surface area (Å²) in [6.45, 7) is 9.18. The molecule has 0 fully saturated rings. The summed E-state index contributed by atoms with van der Waals surface area (Å²) in [5.74, 6) is 0.